The zero-order valence-corrected chi connectivity index (χ0v) is 10.9. The van der Waals surface area contributed by atoms with E-state index in [1.165, 1.54) is 0 Å². The molecule has 4 rings (SSSR count). The highest BCUT2D eigenvalue weighted by molar-refractivity contribution is 5.79. The fraction of sp³-hybridized carbons (Fsp3) is 0.0667. The van der Waals surface area contributed by atoms with Gasteiger partial charge in [-0.3, -0.25) is 4.98 Å². The van der Waals surface area contributed by atoms with E-state index in [1.807, 2.05) is 35.0 Å². The van der Waals surface area contributed by atoms with Gasteiger partial charge in [0.15, 0.2) is 5.58 Å². The van der Waals surface area contributed by atoms with Crippen molar-refractivity contribution in [2.24, 2.45) is 0 Å². The lowest BCUT2D eigenvalue weighted by molar-refractivity contribution is 0.282. The van der Waals surface area contributed by atoms with E-state index in [0.717, 1.165) is 16.8 Å². The maximum Gasteiger partial charge on any atom is 0.417 e. The molecule has 0 aliphatic carbocycles. The Morgan fingerprint density at radius 2 is 2.24 bits per heavy atom. The largest absolute Gasteiger partial charge is 0.417 e. The van der Waals surface area contributed by atoms with Crippen molar-refractivity contribution in [3.8, 4) is 11.3 Å². The molecule has 0 atom stereocenters. The predicted molar refractivity (Wildman–Crippen MR) is 76.9 cm³/mol. The zero-order chi connectivity index (χ0) is 14.4. The number of aliphatic hydroxyl groups is 1. The lowest BCUT2D eigenvalue weighted by Crippen LogP contribution is -1.92. The van der Waals surface area contributed by atoms with Gasteiger partial charge in [-0.1, -0.05) is 12.1 Å². The highest BCUT2D eigenvalue weighted by atomic mass is 16.4. The van der Waals surface area contributed by atoms with Crippen LogP contribution < -0.4 is 5.76 Å². The van der Waals surface area contributed by atoms with Gasteiger partial charge in [-0.2, -0.15) is 0 Å². The molecule has 0 aliphatic rings. The van der Waals surface area contributed by atoms with Crippen molar-refractivity contribution >= 4 is 16.7 Å². The average molecular weight is 281 g/mol. The molecule has 0 aliphatic heterocycles. The Kier molecular flexibility index (Phi) is 2.45. The Morgan fingerprint density at radius 3 is 3.10 bits per heavy atom. The number of pyridine rings is 1. The van der Waals surface area contributed by atoms with Gasteiger partial charge in [0.2, 0.25) is 0 Å². The highest BCUT2D eigenvalue weighted by Crippen LogP contribution is 2.24. The van der Waals surface area contributed by atoms with Gasteiger partial charge in [0.1, 0.15) is 5.65 Å². The second-order valence-corrected chi connectivity index (χ2v) is 4.77. The smallest absolute Gasteiger partial charge is 0.408 e. The summed E-state index contributed by atoms with van der Waals surface area (Å²) in [6, 6.07) is 9.12. The van der Waals surface area contributed by atoms with Crippen molar-refractivity contribution in [1.82, 2.24) is 14.4 Å². The molecule has 0 spiro atoms. The lowest BCUT2D eigenvalue weighted by Gasteiger charge is -1.97. The van der Waals surface area contributed by atoms with E-state index in [0.29, 0.717) is 16.7 Å². The molecule has 0 unspecified atom stereocenters. The molecule has 4 aromatic rings. The van der Waals surface area contributed by atoms with Crippen LogP contribution in [0.5, 0.6) is 0 Å². The Hall–Kier alpha value is -2.86. The van der Waals surface area contributed by atoms with E-state index >= 15 is 0 Å². The summed E-state index contributed by atoms with van der Waals surface area (Å²) in [6.45, 7) is -0.0630. The summed E-state index contributed by atoms with van der Waals surface area (Å²) in [4.78, 5) is 18.3. The standard InChI is InChI=1S/C15H11N3O3/c19-8-10-2-1-5-18-7-12(16-14(10)18)9-3-4-11-13(6-9)21-15(20)17-11/h1-7,19H,8H2,(H,17,20). The van der Waals surface area contributed by atoms with Crippen molar-refractivity contribution in [3.05, 3.63) is 58.8 Å². The number of nitrogens with zero attached hydrogens (tertiary/aromatic N) is 2. The van der Waals surface area contributed by atoms with Crippen molar-refractivity contribution in [2.75, 3.05) is 0 Å². The van der Waals surface area contributed by atoms with Crippen LogP contribution in [0.1, 0.15) is 5.56 Å². The van der Waals surface area contributed by atoms with Gasteiger partial charge in [-0.15, -0.1) is 0 Å². The van der Waals surface area contributed by atoms with E-state index in [1.54, 1.807) is 12.1 Å². The third-order valence-electron chi connectivity index (χ3n) is 3.45. The minimum atomic E-state index is -0.472. The summed E-state index contributed by atoms with van der Waals surface area (Å²) in [6.07, 6.45) is 3.75. The maximum absolute atomic E-state index is 11.2. The van der Waals surface area contributed by atoms with E-state index in [4.69, 9.17) is 4.42 Å². The predicted octanol–water partition coefficient (Wildman–Crippen LogP) is 1.93. The number of hydrogen-bond donors (Lipinski definition) is 2. The van der Waals surface area contributed by atoms with Gasteiger partial charge in [0.25, 0.3) is 0 Å². The van der Waals surface area contributed by atoms with Gasteiger partial charge < -0.3 is 13.9 Å². The number of aromatic amines is 1. The average Bonchev–Trinajstić information content (AvgIpc) is 3.07. The number of nitrogens with one attached hydrogen (secondary N) is 1. The van der Waals surface area contributed by atoms with Gasteiger partial charge in [-0.25, -0.2) is 9.78 Å². The maximum atomic E-state index is 11.2. The van der Waals surface area contributed by atoms with Crippen LogP contribution in [0.2, 0.25) is 0 Å². The third kappa shape index (κ3) is 1.85. The Morgan fingerprint density at radius 1 is 1.33 bits per heavy atom. The third-order valence-corrected chi connectivity index (χ3v) is 3.45. The Labute approximate surface area is 118 Å². The molecule has 3 heterocycles. The van der Waals surface area contributed by atoms with Crippen LogP contribution in [0.25, 0.3) is 28.0 Å². The van der Waals surface area contributed by atoms with E-state index in [-0.39, 0.29) is 6.61 Å². The molecule has 0 saturated carbocycles. The molecule has 0 amide bonds. The molecular formula is C15H11N3O3. The summed E-state index contributed by atoms with van der Waals surface area (Å²) in [5.74, 6) is -0.472. The minimum absolute atomic E-state index is 0.0630. The first-order valence-electron chi connectivity index (χ1n) is 6.45. The number of oxazole rings is 1. The number of fused-ring (bicyclic) bond motifs is 2. The molecule has 0 fully saturated rings. The fourth-order valence-corrected chi connectivity index (χ4v) is 2.44. The number of rotatable bonds is 2. The Balaban J connectivity index is 1.93. The zero-order valence-electron chi connectivity index (χ0n) is 10.9. The first-order chi connectivity index (χ1) is 10.2. The number of hydrogen-bond acceptors (Lipinski definition) is 4. The molecule has 21 heavy (non-hydrogen) atoms. The second-order valence-electron chi connectivity index (χ2n) is 4.77. The van der Waals surface area contributed by atoms with Gasteiger partial charge in [-0.05, 0) is 18.2 Å². The van der Waals surface area contributed by atoms with Crippen LogP contribution in [-0.2, 0) is 6.61 Å². The minimum Gasteiger partial charge on any atom is -0.408 e. The van der Waals surface area contributed by atoms with Gasteiger partial charge in [0.05, 0.1) is 17.8 Å². The molecule has 1 aromatic carbocycles. The molecular weight excluding hydrogens is 270 g/mol. The van der Waals surface area contributed by atoms with E-state index in [9.17, 15) is 9.90 Å². The summed E-state index contributed by atoms with van der Waals surface area (Å²) in [7, 11) is 0. The Bertz CT molecular complexity index is 1010. The summed E-state index contributed by atoms with van der Waals surface area (Å²) in [5, 5.41) is 9.35. The number of benzene rings is 1. The number of aromatic nitrogens is 3. The molecule has 0 radical (unpaired) electrons. The van der Waals surface area contributed by atoms with Crippen LogP contribution >= 0.6 is 0 Å². The molecule has 0 saturated heterocycles. The molecule has 3 aromatic heterocycles. The normalized spacial score (nSPS) is 11.5. The fourth-order valence-electron chi connectivity index (χ4n) is 2.44. The van der Waals surface area contributed by atoms with Crippen LogP contribution in [0, 0.1) is 0 Å². The second kappa shape index (κ2) is 4.32. The van der Waals surface area contributed by atoms with E-state index < -0.39 is 5.76 Å². The molecule has 6 heteroatoms. The summed E-state index contributed by atoms with van der Waals surface area (Å²) < 4.78 is 6.92. The summed E-state index contributed by atoms with van der Waals surface area (Å²) in [5.41, 5.74) is 4.23. The first-order valence-corrected chi connectivity index (χ1v) is 6.45. The van der Waals surface area contributed by atoms with Crippen LogP contribution in [0.4, 0.5) is 0 Å². The van der Waals surface area contributed by atoms with Crippen LogP contribution in [0.3, 0.4) is 0 Å². The first kappa shape index (κ1) is 11.9. The number of imidazole rings is 1. The monoisotopic (exact) mass is 281 g/mol. The van der Waals surface area contributed by atoms with Crippen molar-refractivity contribution < 1.29 is 9.52 Å². The van der Waals surface area contributed by atoms with Crippen molar-refractivity contribution in [3.63, 3.8) is 0 Å². The van der Waals surface area contributed by atoms with Crippen LogP contribution in [-0.4, -0.2) is 19.5 Å². The lowest BCUT2D eigenvalue weighted by atomic mass is 10.1. The number of aliphatic hydroxyl groups excluding tert-OH is 1. The topological polar surface area (TPSA) is 83.5 Å². The quantitative estimate of drug-likeness (QED) is 0.588. The molecule has 6 nitrogen and oxygen atoms in total. The molecule has 2 N–H and O–H groups in total. The van der Waals surface area contributed by atoms with Gasteiger partial charge >= 0.3 is 5.76 Å². The molecule has 104 valence electrons. The highest BCUT2D eigenvalue weighted by Gasteiger charge is 2.09. The number of H-pyrrole nitrogens is 1. The van der Waals surface area contributed by atoms with Crippen molar-refractivity contribution in [1.29, 1.82) is 0 Å². The molecule has 0 bridgehead atoms. The van der Waals surface area contributed by atoms with Gasteiger partial charge in [0, 0.05) is 23.5 Å². The summed E-state index contributed by atoms with van der Waals surface area (Å²) >= 11 is 0. The van der Waals surface area contributed by atoms with Crippen LogP contribution in [0.15, 0.2) is 51.9 Å². The SMILES string of the molecule is O=c1[nH]c2ccc(-c3cn4cccc(CO)c4n3)cc2o1. The van der Waals surface area contributed by atoms with Crippen molar-refractivity contribution in [2.45, 2.75) is 6.61 Å². The van der Waals surface area contributed by atoms with E-state index in [2.05, 4.69) is 9.97 Å².